The summed E-state index contributed by atoms with van der Waals surface area (Å²) in [6.45, 7) is 7.51. The van der Waals surface area contributed by atoms with Crippen LogP contribution in [0.3, 0.4) is 0 Å². The van der Waals surface area contributed by atoms with Gasteiger partial charge in [-0.25, -0.2) is 13.6 Å². The minimum Gasteiger partial charge on any atom is -0.444 e. The molecule has 0 unspecified atom stereocenters. The largest absolute Gasteiger partial charge is 0.444 e. The number of rotatable bonds is 2. The normalized spacial score (nSPS) is 24.6. The molecule has 0 bridgehead atoms. The molecule has 0 aromatic heterocycles. The number of nitrogens with zero attached hydrogens (tertiary/aromatic N) is 2. The number of carbonyl (C=O) groups excluding carboxylic acids is 1. The molecule has 1 N–H and O–H groups in total. The second-order valence-electron chi connectivity index (χ2n) is 7.43. The molecule has 0 spiro atoms. The zero-order valence-corrected chi connectivity index (χ0v) is 14.9. The average molecular weight is 354 g/mol. The van der Waals surface area contributed by atoms with E-state index in [4.69, 9.17) is 9.94 Å². The molecule has 1 saturated heterocycles. The summed E-state index contributed by atoms with van der Waals surface area (Å²) < 4.78 is 32.2. The third kappa shape index (κ3) is 4.67. The molecule has 2 rings (SSSR count). The highest BCUT2D eigenvalue weighted by Crippen LogP contribution is 2.36. The van der Waals surface area contributed by atoms with Crippen LogP contribution in [0.5, 0.6) is 0 Å². The molecule has 1 amide bonds. The van der Waals surface area contributed by atoms with Crippen molar-refractivity contribution in [1.82, 2.24) is 4.90 Å². The lowest BCUT2D eigenvalue weighted by molar-refractivity contribution is 0.00689. The van der Waals surface area contributed by atoms with Crippen molar-refractivity contribution in [3.05, 3.63) is 35.4 Å². The maximum Gasteiger partial charge on any atom is 0.410 e. The Balaban J connectivity index is 2.25. The molecule has 5 nitrogen and oxygen atoms in total. The van der Waals surface area contributed by atoms with Gasteiger partial charge in [-0.2, -0.15) is 0 Å². The molecule has 0 radical (unpaired) electrons. The van der Waals surface area contributed by atoms with Gasteiger partial charge in [0.15, 0.2) is 11.6 Å². The highest BCUT2D eigenvalue weighted by atomic mass is 19.2. The summed E-state index contributed by atoms with van der Waals surface area (Å²) >= 11 is 0. The van der Waals surface area contributed by atoms with E-state index in [9.17, 15) is 13.6 Å². The zero-order chi connectivity index (χ0) is 18.8. The molecule has 0 saturated carbocycles. The third-order valence-electron chi connectivity index (χ3n) is 4.31. The van der Waals surface area contributed by atoms with Gasteiger partial charge in [0.1, 0.15) is 5.60 Å². The van der Waals surface area contributed by atoms with E-state index in [1.807, 2.05) is 6.92 Å². The van der Waals surface area contributed by atoms with Gasteiger partial charge in [0, 0.05) is 24.7 Å². The SMILES string of the molecule is C[C@H]1C[C@H](c2ccc(F)c(F)c2)[C@@H](/C=N\O)CN1C(=O)OC(C)(C)C. The minimum absolute atomic E-state index is 0.156. The Bertz CT molecular complexity index is 658. The first-order valence-corrected chi connectivity index (χ1v) is 8.24. The smallest absolute Gasteiger partial charge is 0.410 e. The summed E-state index contributed by atoms with van der Waals surface area (Å²) in [7, 11) is 0. The fourth-order valence-corrected chi connectivity index (χ4v) is 3.14. The van der Waals surface area contributed by atoms with E-state index < -0.39 is 23.3 Å². The predicted octanol–water partition coefficient (Wildman–Crippen LogP) is 4.15. The molecule has 138 valence electrons. The van der Waals surface area contributed by atoms with Crippen LogP contribution in [0.15, 0.2) is 23.4 Å². The first-order valence-electron chi connectivity index (χ1n) is 8.24. The third-order valence-corrected chi connectivity index (χ3v) is 4.31. The van der Waals surface area contributed by atoms with Gasteiger partial charge < -0.3 is 14.8 Å². The van der Waals surface area contributed by atoms with Crippen molar-refractivity contribution in [3.63, 3.8) is 0 Å². The summed E-state index contributed by atoms with van der Waals surface area (Å²) in [6, 6.07) is 3.62. The van der Waals surface area contributed by atoms with Crippen LogP contribution in [-0.2, 0) is 4.74 Å². The first kappa shape index (κ1) is 19.1. The zero-order valence-electron chi connectivity index (χ0n) is 14.9. The molecule has 1 fully saturated rings. The maximum atomic E-state index is 13.6. The van der Waals surface area contributed by atoms with Crippen molar-refractivity contribution in [3.8, 4) is 0 Å². The van der Waals surface area contributed by atoms with Crippen molar-refractivity contribution in [2.75, 3.05) is 6.54 Å². The molecule has 3 atom stereocenters. The van der Waals surface area contributed by atoms with Crippen LogP contribution in [-0.4, -0.2) is 40.6 Å². The van der Waals surface area contributed by atoms with Crippen molar-refractivity contribution in [2.24, 2.45) is 11.1 Å². The summed E-state index contributed by atoms with van der Waals surface area (Å²) in [6.07, 6.45) is 1.40. The van der Waals surface area contributed by atoms with Crippen molar-refractivity contribution < 1.29 is 23.5 Å². The van der Waals surface area contributed by atoms with Crippen LogP contribution in [0.25, 0.3) is 0 Å². The second kappa shape index (κ2) is 7.37. The quantitative estimate of drug-likeness (QED) is 0.493. The van der Waals surface area contributed by atoms with Crippen molar-refractivity contribution in [2.45, 2.75) is 51.7 Å². The van der Waals surface area contributed by atoms with Gasteiger partial charge in [0.25, 0.3) is 0 Å². The molecule has 25 heavy (non-hydrogen) atoms. The summed E-state index contributed by atoms with van der Waals surface area (Å²) in [4.78, 5) is 14.0. The van der Waals surface area contributed by atoms with E-state index >= 15 is 0 Å². The van der Waals surface area contributed by atoms with Crippen LogP contribution in [0, 0.1) is 17.6 Å². The van der Waals surface area contributed by atoms with Crippen LogP contribution < -0.4 is 0 Å². The van der Waals surface area contributed by atoms with Gasteiger partial charge in [-0.15, -0.1) is 5.16 Å². The van der Waals surface area contributed by atoms with Gasteiger partial charge in [-0.1, -0.05) is 6.07 Å². The number of carbonyl (C=O) groups is 1. The molecular formula is C18H24F2N2O3. The Morgan fingerprint density at radius 3 is 2.60 bits per heavy atom. The van der Waals surface area contributed by atoms with Crippen molar-refractivity contribution in [1.29, 1.82) is 0 Å². The van der Waals surface area contributed by atoms with E-state index in [2.05, 4.69) is 5.16 Å². The Labute approximate surface area is 146 Å². The lowest BCUT2D eigenvalue weighted by atomic mass is 9.78. The molecule has 1 aromatic rings. The number of likely N-dealkylation sites (tertiary alicyclic amines) is 1. The molecule has 0 aliphatic carbocycles. The minimum atomic E-state index is -0.917. The maximum absolute atomic E-state index is 13.6. The van der Waals surface area contributed by atoms with Crippen LogP contribution in [0.2, 0.25) is 0 Å². The average Bonchev–Trinajstić information content (AvgIpc) is 2.50. The Morgan fingerprint density at radius 1 is 1.36 bits per heavy atom. The number of halogens is 2. The van der Waals surface area contributed by atoms with Crippen LogP contribution in [0.4, 0.5) is 13.6 Å². The van der Waals surface area contributed by atoms with Crippen molar-refractivity contribution >= 4 is 12.3 Å². The Hall–Kier alpha value is -2.18. The molecule has 1 heterocycles. The lowest BCUT2D eigenvalue weighted by Gasteiger charge is -2.42. The highest BCUT2D eigenvalue weighted by Gasteiger charge is 2.38. The Kier molecular flexibility index (Phi) is 5.65. The number of oxime groups is 1. The van der Waals surface area contributed by atoms with Crippen LogP contribution in [0.1, 0.15) is 45.6 Å². The molecular weight excluding hydrogens is 330 g/mol. The van der Waals surface area contributed by atoms with E-state index in [0.29, 0.717) is 12.0 Å². The topological polar surface area (TPSA) is 62.1 Å². The number of amides is 1. The molecule has 1 aromatic carbocycles. The number of hydrogen-bond donors (Lipinski definition) is 1. The van der Waals surface area contributed by atoms with E-state index in [0.717, 1.165) is 12.1 Å². The standard InChI is InChI=1S/C18H24F2N2O3/c1-11-7-14(12-5-6-15(19)16(20)8-12)13(9-21-24)10-22(11)17(23)25-18(2,3)4/h5-6,8-9,11,13-14,24H,7,10H2,1-4H3/b21-9-/t11-,13-,14+/m0/s1. The lowest BCUT2D eigenvalue weighted by Crippen LogP contribution is -2.50. The van der Waals surface area contributed by atoms with Gasteiger partial charge >= 0.3 is 6.09 Å². The highest BCUT2D eigenvalue weighted by molar-refractivity contribution is 5.71. The van der Waals surface area contributed by atoms with Gasteiger partial charge in [0.2, 0.25) is 0 Å². The number of piperidine rings is 1. The van der Waals surface area contributed by atoms with Gasteiger partial charge in [-0.05, 0) is 57.7 Å². The predicted molar refractivity (Wildman–Crippen MR) is 89.9 cm³/mol. The summed E-state index contributed by atoms with van der Waals surface area (Å²) in [5, 5.41) is 12.1. The second-order valence-corrected chi connectivity index (χ2v) is 7.43. The van der Waals surface area contributed by atoms with E-state index in [-0.39, 0.29) is 24.4 Å². The molecule has 1 aliphatic heterocycles. The molecule has 1 aliphatic rings. The monoisotopic (exact) mass is 354 g/mol. The van der Waals surface area contributed by atoms with E-state index in [1.165, 1.54) is 12.3 Å². The number of ether oxygens (including phenoxy) is 1. The Morgan fingerprint density at radius 2 is 2.04 bits per heavy atom. The van der Waals surface area contributed by atoms with Gasteiger partial charge in [-0.3, -0.25) is 0 Å². The summed E-state index contributed by atoms with van der Waals surface area (Å²) in [5.74, 6) is -2.35. The molecule has 7 heteroatoms. The van der Waals surface area contributed by atoms with Gasteiger partial charge in [0.05, 0.1) is 0 Å². The number of benzene rings is 1. The summed E-state index contributed by atoms with van der Waals surface area (Å²) in [5.41, 5.74) is -0.00613. The van der Waals surface area contributed by atoms with E-state index in [1.54, 1.807) is 25.7 Å². The van der Waals surface area contributed by atoms with Crippen LogP contribution >= 0.6 is 0 Å². The fourth-order valence-electron chi connectivity index (χ4n) is 3.14. The fraction of sp³-hybridized carbons (Fsp3) is 0.556. The first-order chi connectivity index (χ1) is 11.6. The number of hydrogen-bond acceptors (Lipinski definition) is 4.